The second-order valence-corrected chi connectivity index (χ2v) is 12.4. The molecule has 0 bridgehead atoms. The van der Waals surface area contributed by atoms with Crippen LogP contribution in [0.1, 0.15) is 182 Å². The normalized spacial score (nSPS) is 13.5. The molecule has 3 nitrogen and oxygen atoms in total. The van der Waals surface area contributed by atoms with E-state index in [1.165, 1.54) is 174 Å². The molecule has 0 aliphatic heterocycles. The smallest absolute Gasteiger partial charge is 0.0167 e. The molecule has 224 valence electrons. The zero-order valence-corrected chi connectivity index (χ0v) is 26.5. The molecule has 0 aromatic carbocycles. The Kier molecular flexibility index (Phi) is 30.3. The SMILES string of the molecule is CCCCCCCCCCCCCCN(CCCCCCCCCCCCCC)CC(C)NCC(C)N. The third-order valence-corrected chi connectivity index (χ3v) is 7.98. The molecule has 0 amide bonds. The van der Waals surface area contributed by atoms with Gasteiger partial charge in [0.15, 0.2) is 0 Å². The number of nitrogens with one attached hydrogen (secondary N) is 1. The Hall–Kier alpha value is -0.120. The van der Waals surface area contributed by atoms with E-state index in [2.05, 4.69) is 37.9 Å². The van der Waals surface area contributed by atoms with Gasteiger partial charge in [0.05, 0.1) is 0 Å². The van der Waals surface area contributed by atoms with Crippen LogP contribution >= 0.6 is 0 Å². The first kappa shape index (κ1) is 36.9. The average Bonchev–Trinajstić information content (AvgIpc) is 2.88. The second kappa shape index (κ2) is 30.4. The summed E-state index contributed by atoms with van der Waals surface area (Å²) in [5.74, 6) is 0. The van der Waals surface area contributed by atoms with Crippen LogP contribution in [0.2, 0.25) is 0 Å². The molecule has 0 heterocycles. The van der Waals surface area contributed by atoms with Crippen molar-refractivity contribution >= 4 is 0 Å². The topological polar surface area (TPSA) is 41.3 Å². The summed E-state index contributed by atoms with van der Waals surface area (Å²) in [6, 6.07) is 0.768. The highest BCUT2D eigenvalue weighted by atomic mass is 15.1. The lowest BCUT2D eigenvalue weighted by Gasteiger charge is -2.27. The van der Waals surface area contributed by atoms with Crippen molar-refractivity contribution < 1.29 is 0 Å². The molecule has 0 spiro atoms. The molecule has 0 aliphatic carbocycles. The van der Waals surface area contributed by atoms with E-state index in [9.17, 15) is 0 Å². The molecule has 2 unspecified atom stereocenters. The van der Waals surface area contributed by atoms with Crippen molar-refractivity contribution in [1.82, 2.24) is 10.2 Å². The van der Waals surface area contributed by atoms with Gasteiger partial charge >= 0.3 is 0 Å². The van der Waals surface area contributed by atoms with Crippen LogP contribution in [0.5, 0.6) is 0 Å². The van der Waals surface area contributed by atoms with E-state index in [0.29, 0.717) is 6.04 Å². The van der Waals surface area contributed by atoms with E-state index < -0.39 is 0 Å². The van der Waals surface area contributed by atoms with Gasteiger partial charge in [-0.05, 0) is 39.8 Å². The fourth-order valence-corrected chi connectivity index (χ4v) is 5.49. The van der Waals surface area contributed by atoms with E-state index in [-0.39, 0.29) is 6.04 Å². The highest BCUT2D eigenvalue weighted by Gasteiger charge is 2.10. The first-order chi connectivity index (χ1) is 18.1. The lowest BCUT2D eigenvalue weighted by Crippen LogP contribution is -2.43. The van der Waals surface area contributed by atoms with Crippen molar-refractivity contribution in [3.05, 3.63) is 0 Å². The van der Waals surface area contributed by atoms with Gasteiger partial charge in [0.2, 0.25) is 0 Å². The molecule has 0 saturated heterocycles. The lowest BCUT2D eigenvalue weighted by atomic mass is 10.0. The Bertz CT molecular complexity index is 384. The summed E-state index contributed by atoms with van der Waals surface area (Å²) in [5, 5.41) is 3.64. The molecule has 3 N–H and O–H groups in total. The van der Waals surface area contributed by atoms with Crippen molar-refractivity contribution in [1.29, 1.82) is 0 Å². The van der Waals surface area contributed by atoms with Crippen LogP contribution in [0.25, 0.3) is 0 Å². The minimum atomic E-state index is 0.239. The Morgan fingerprint density at radius 2 is 0.784 bits per heavy atom. The molecule has 2 atom stereocenters. The first-order valence-corrected chi connectivity index (χ1v) is 17.3. The van der Waals surface area contributed by atoms with Gasteiger partial charge in [-0.25, -0.2) is 0 Å². The Balaban J connectivity index is 3.88. The van der Waals surface area contributed by atoms with Gasteiger partial charge < -0.3 is 16.0 Å². The van der Waals surface area contributed by atoms with Crippen LogP contribution in [-0.4, -0.2) is 43.2 Å². The molecular formula is C34H73N3. The summed E-state index contributed by atoms with van der Waals surface area (Å²) in [6.07, 6.45) is 34.4. The Labute approximate surface area is 235 Å². The largest absolute Gasteiger partial charge is 0.327 e. The van der Waals surface area contributed by atoms with Crippen LogP contribution in [-0.2, 0) is 0 Å². The van der Waals surface area contributed by atoms with Gasteiger partial charge in [-0.2, -0.15) is 0 Å². The molecule has 0 rings (SSSR count). The Morgan fingerprint density at radius 3 is 1.08 bits per heavy atom. The standard InChI is InChI=1S/C34H73N3/c1-5-7-9-11-13-15-17-19-21-23-25-27-29-37(32-34(4)36-31-33(3)35)30-28-26-24-22-20-18-16-14-12-10-8-6-2/h33-34,36H,5-32,35H2,1-4H3. The summed E-state index contributed by atoms with van der Waals surface area (Å²) >= 11 is 0. The molecule has 0 aromatic heterocycles. The fraction of sp³-hybridized carbons (Fsp3) is 1.00. The van der Waals surface area contributed by atoms with Gasteiger partial charge in [0, 0.05) is 25.2 Å². The summed E-state index contributed by atoms with van der Waals surface area (Å²) in [5.41, 5.74) is 5.96. The lowest BCUT2D eigenvalue weighted by molar-refractivity contribution is 0.235. The molecule has 3 heteroatoms. The highest BCUT2D eigenvalue weighted by molar-refractivity contribution is 4.70. The maximum Gasteiger partial charge on any atom is 0.0167 e. The maximum absolute atomic E-state index is 5.96. The molecule has 0 fully saturated rings. The zero-order valence-electron chi connectivity index (χ0n) is 26.5. The van der Waals surface area contributed by atoms with Gasteiger partial charge in [-0.15, -0.1) is 0 Å². The first-order valence-electron chi connectivity index (χ1n) is 17.3. The van der Waals surface area contributed by atoms with Crippen molar-refractivity contribution in [3.8, 4) is 0 Å². The van der Waals surface area contributed by atoms with E-state index >= 15 is 0 Å². The van der Waals surface area contributed by atoms with E-state index in [1.807, 2.05) is 0 Å². The van der Waals surface area contributed by atoms with Gasteiger partial charge in [0.25, 0.3) is 0 Å². The number of hydrogen-bond donors (Lipinski definition) is 2. The van der Waals surface area contributed by atoms with Crippen LogP contribution in [0, 0.1) is 0 Å². The van der Waals surface area contributed by atoms with E-state index in [1.54, 1.807) is 0 Å². The van der Waals surface area contributed by atoms with Crippen molar-refractivity contribution in [2.75, 3.05) is 26.2 Å². The van der Waals surface area contributed by atoms with Crippen LogP contribution < -0.4 is 11.1 Å². The minimum absolute atomic E-state index is 0.239. The summed E-state index contributed by atoms with van der Waals surface area (Å²) in [6.45, 7) is 13.7. The highest BCUT2D eigenvalue weighted by Crippen LogP contribution is 2.14. The predicted octanol–water partition coefficient (Wildman–Crippen LogP) is 10.0. The average molecular weight is 524 g/mol. The molecule has 0 aliphatic rings. The molecule has 0 radical (unpaired) electrons. The Morgan fingerprint density at radius 1 is 0.486 bits per heavy atom. The van der Waals surface area contributed by atoms with Crippen molar-refractivity contribution in [3.63, 3.8) is 0 Å². The number of nitrogens with zero attached hydrogens (tertiary/aromatic N) is 1. The monoisotopic (exact) mass is 524 g/mol. The summed E-state index contributed by atoms with van der Waals surface area (Å²) in [7, 11) is 0. The maximum atomic E-state index is 5.96. The quantitative estimate of drug-likeness (QED) is 0.0888. The second-order valence-electron chi connectivity index (χ2n) is 12.4. The van der Waals surface area contributed by atoms with E-state index in [0.717, 1.165) is 6.54 Å². The number of unbranched alkanes of at least 4 members (excludes halogenated alkanes) is 22. The molecule has 37 heavy (non-hydrogen) atoms. The molecular weight excluding hydrogens is 450 g/mol. The van der Waals surface area contributed by atoms with E-state index in [4.69, 9.17) is 5.73 Å². The van der Waals surface area contributed by atoms with Crippen LogP contribution in [0.3, 0.4) is 0 Å². The number of rotatable bonds is 31. The number of hydrogen-bond acceptors (Lipinski definition) is 3. The van der Waals surface area contributed by atoms with Gasteiger partial charge in [-0.3, -0.25) is 0 Å². The third kappa shape index (κ3) is 30.3. The predicted molar refractivity (Wildman–Crippen MR) is 170 cm³/mol. The third-order valence-electron chi connectivity index (χ3n) is 7.98. The summed E-state index contributed by atoms with van der Waals surface area (Å²) in [4.78, 5) is 2.74. The number of nitrogens with two attached hydrogens (primary N) is 1. The van der Waals surface area contributed by atoms with Crippen LogP contribution in [0.4, 0.5) is 0 Å². The fourth-order valence-electron chi connectivity index (χ4n) is 5.49. The summed E-state index contributed by atoms with van der Waals surface area (Å²) < 4.78 is 0. The van der Waals surface area contributed by atoms with Crippen molar-refractivity contribution in [2.24, 2.45) is 5.73 Å². The molecule has 0 aromatic rings. The minimum Gasteiger partial charge on any atom is -0.327 e. The van der Waals surface area contributed by atoms with Crippen LogP contribution in [0.15, 0.2) is 0 Å². The zero-order chi connectivity index (χ0) is 27.2. The van der Waals surface area contributed by atoms with Crippen molar-refractivity contribution in [2.45, 2.75) is 194 Å². The molecule has 0 saturated carbocycles. The van der Waals surface area contributed by atoms with Gasteiger partial charge in [0.1, 0.15) is 0 Å². The van der Waals surface area contributed by atoms with Gasteiger partial charge in [-0.1, -0.05) is 155 Å².